The molecule has 1 fully saturated rings. The Morgan fingerprint density at radius 2 is 1.86 bits per heavy atom. The van der Waals surface area contributed by atoms with Crippen molar-refractivity contribution >= 4 is 23.6 Å². The van der Waals surface area contributed by atoms with Gasteiger partial charge in [-0.3, -0.25) is 14.6 Å². The highest BCUT2D eigenvalue weighted by atomic mass is 16.2. The van der Waals surface area contributed by atoms with Gasteiger partial charge in [-0.15, -0.1) is 0 Å². The molecular formula is C21H27N5O2. The summed E-state index contributed by atoms with van der Waals surface area (Å²) in [6, 6.07) is 5.52. The fraction of sp³-hybridized carbons (Fsp3) is 0.476. The Balaban J connectivity index is 1.74. The van der Waals surface area contributed by atoms with Crippen LogP contribution in [0.1, 0.15) is 31.9 Å². The normalized spacial score (nSPS) is 24.1. The highest BCUT2D eigenvalue weighted by Gasteiger charge is 2.54. The predicted octanol–water partition coefficient (Wildman–Crippen LogP) is 2.90. The summed E-state index contributed by atoms with van der Waals surface area (Å²) >= 11 is 0. The van der Waals surface area contributed by atoms with E-state index in [0.717, 1.165) is 22.5 Å². The van der Waals surface area contributed by atoms with Gasteiger partial charge in [-0.2, -0.15) is 0 Å². The van der Waals surface area contributed by atoms with Gasteiger partial charge in [0.15, 0.2) is 12.2 Å². The molecule has 0 radical (unpaired) electrons. The Kier molecular flexibility index (Phi) is 4.21. The topological polar surface area (TPSA) is 59.5 Å². The molecule has 3 heterocycles. The molecule has 1 saturated heterocycles. The zero-order valence-corrected chi connectivity index (χ0v) is 17.3. The van der Waals surface area contributed by atoms with E-state index < -0.39 is 12.2 Å². The van der Waals surface area contributed by atoms with E-state index >= 15 is 0 Å². The van der Waals surface area contributed by atoms with Crippen LogP contribution in [0.2, 0.25) is 0 Å². The lowest BCUT2D eigenvalue weighted by Crippen LogP contribution is -2.64. The number of anilines is 1. The molecule has 7 nitrogen and oxygen atoms in total. The Hall–Kier alpha value is -2.83. The van der Waals surface area contributed by atoms with Crippen molar-refractivity contribution in [3.63, 3.8) is 0 Å². The molecule has 0 spiro atoms. The number of aryl methyl sites for hydroxylation is 2. The Labute approximate surface area is 165 Å². The van der Waals surface area contributed by atoms with Crippen LogP contribution >= 0.6 is 0 Å². The maximum Gasteiger partial charge on any atom is 0.328 e. The number of fused-ring (bicyclic) bond motifs is 3. The fourth-order valence-corrected chi connectivity index (χ4v) is 4.15. The van der Waals surface area contributed by atoms with Gasteiger partial charge in [-0.05, 0) is 43.9 Å². The summed E-state index contributed by atoms with van der Waals surface area (Å²) in [7, 11) is 1.73. The Morgan fingerprint density at radius 3 is 2.54 bits per heavy atom. The van der Waals surface area contributed by atoms with E-state index in [2.05, 4.69) is 36.9 Å². The average Bonchev–Trinajstić information content (AvgIpc) is 3.13. The van der Waals surface area contributed by atoms with Crippen molar-refractivity contribution in [2.45, 2.75) is 46.8 Å². The van der Waals surface area contributed by atoms with E-state index in [1.54, 1.807) is 11.9 Å². The van der Waals surface area contributed by atoms with Gasteiger partial charge in [0.1, 0.15) is 0 Å². The van der Waals surface area contributed by atoms with Gasteiger partial charge in [0, 0.05) is 25.5 Å². The number of allylic oxidation sites excluding steroid dienone is 1. The molecule has 3 aliphatic heterocycles. The number of aliphatic imine (C=N–C) groups is 1. The number of imide groups is 1. The molecule has 2 atom stereocenters. The van der Waals surface area contributed by atoms with Gasteiger partial charge in [-0.25, -0.2) is 9.79 Å². The molecule has 148 valence electrons. The second kappa shape index (κ2) is 6.36. The second-order valence-electron chi connectivity index (χ2n) is 8.33. The Bertz CT molecular complexity index is 919. The van der Waals surface area contributed by atoms with Crippen LogP contribution in [-0.4, -0.2) is 58.4 Å². The summed E-state index contributed by atoms with van der Waals surface area (Å²) in [6.45, 7) is 10.6. The first-order valence-electron chi connectivity index (χ1n) is 9.71. The molecule has 0 aliphatic carbocycles. The number of carbonyl (C=O) groups is 2. The molecule has 7 heteroatoms. The minimum absolute atomic E-state index is 0.174. The van der Waals surface area contributed by atoms with Crippen LogP contribution in [0.5, 0.6) is 0 Å². The molecule has 0 N–H and O–H groups in total. The number of hydrogen-bond donors (Lipinski definition) is 0. The van der Waals surface area contributed by atoms with E-state index in [-0.39, 0.29) is 17.9 Å². The molecule has 4 rings (SSSR count). The second-order valence-corrected chi connectivity index (χ2v) is 8.33. The summed E-state index contributed by atoms with van der Waals surface area (Å²) in [5.41, 5.74) is 4.35. The van der Waals surface area contributed by atoms with Crippen LogP contribution in [0.25, 0.3) is 0 Å². The third kappa shape index (κ3) is 2.60. The minimum Gasteiger partial charge on any atom is -0.302 e. The number of guanidine groups is 1. The number of urea groups is 1. The van der Waals surface area contributed by atoms with E-state index in [0.29, 0.717) is 12.5 Å². The van der Waals surface area contributed by atoms with Gasteiger partial charge in [0.25, 0.3) is 5.91 Å². The van der Waals surface area contributed by atoms with Crippen LogP contribution in [0.3, 0.4) is 0 Å². The zero-order chi connectivity index (χ0) is 20.3. The lowest BCUT2D eigenvalue weighted by Gasteiger charge is -2.40. The van der Waals surface area contributed by atoms with Crippen LogP contribution in [-0.2, 0) is 4.79 Å². The van der Waals surface area contributed by atoms with Gasteiger partial charge in [0.05, 0.1) is 5.69 Å². The predicted molar refractivity (Wildman–Crippen MR) is 109 cm³/mol. The number of likely N-dealkylation sites (N-methyl/N-ethyl adjacent to an activating group) is 1. The monoisotopic (exact) mass is 381 g/mol. The van der Waals surface area contributed by atoms with Crippen molar-refractivity contribution < 1.29 is 9.59 Å². The molecule has 3 amide bonds. The maximum atomic E-state index is 13.2. The summed E-state index contributed by atoms with van der Waals surface area (Å²) in [5.74, 6) is 0.745. The van der Waals surface area contributed by atoms with E-state index in [4.69, 9.17) is 4.99 Å². The highest BCUT2D eigenvalue weighted by molar-refractivity contribution is 6.10. The number of amides is 3. The number of carbonyl (C=O) groups excluding carboxylic acids is 2. The van der Waals surface area contributed by atoms with Crippen molar-refractivity contribution in [1.29, 1.82) is 0 Å². The number of nitrogens with zero attached hydrogens (tertiary/aromatic N) is 5. The quantitative estimate of drug-likeness (QED) is 0.808. The number of benzene rings is 1. The smallest absolute Gasteiger partial charge is 0.302 e. The van der Waals surface area contributed by atoms with Crippen molar-refractivity contribution in [2.24, 2.45) is 10.9 Å². The van der Waals surface area contributed by atoms with E-state index in [1.807, 2.05) is 31.9 Å². The van der Waals surface area contributed by atoms with Crippen molar-refractivity contribution in [3.05, 3.63) is 41.2 Å². The molecule has 3 aliphatic rings. The maximum absolute atomic E-state index is 13.2. The van der Waals surface area contributed by atoms with Crippen molar-refractivity contribution in [2.75, 3.05) is 18.5 Å². The number of rotatable bonds is 3. The summed E-state index contributed by atoms with van der Waals surface area (Å²) in [6.07, 6.45) is 1.47. The van der Waals surface area contributed by atoms with Crippen LogP contribution < -0.4 is 4.90 Å². The summed E-state index contributed by atoms with van der Waals surface area (Å²) in [5, 5.41) is 0. The Morgan fingerprint density at radius 1 is 1.14 bits per heavy atom. The first-order chi connectivity index (χ1) is 13.2. The van der Waals surface area contributed by atoms with Crippen molar-refractivity contribution in [3.8, 4) is 0 Å². The van der Waals surface area contributed by atoms with Crippen LogP contribution in [0, 0.1) is 19.8 Å². The lowest BCUT2D eigenvalue weighted by atomic mass is 10.1. The third-order valence-corrected chi connectivity index (χ3v) is 5.54. The highest BCUT2D eigenvalue weighted by Crippen LogP contribution is 2.37. The lowest BCUT2D eigenvalue weighted by molar-refractivity contribution is -0.137. The molecule has 1 aromatic rings. The molecule has 2 unspecified atom stereocenters. The van der Waals surface area contributed by atoms with Gasteiger partial charge in [-0.1, -0.05) is 26.0 Å². The molecule has 28 heavy (non-hydrogen) atoms. The molecule has 0 saturated carbocycles. The minimum atomic E-state index is -0.512. The number of hydrogen-bond acceptors (Lipinski definition) is 5. The summed E-state index contributed by atoms with van der Waals surface area (Å²) < 4.78 is 0. The zero-order valence-electron chi connectivity index (χ0n) is 17.3. The molecular weight excluding hydrogens is 354 g/mol. The van der Waals surface area contributed by atoms with Gasteiger partial charge < -0.3 is 9.80 Å². The van der Waals surface area contributed by atoms with Crippen molar-refractivity contribution in [1.82, 2.24) is 14.7 Å². The molecule has 0 aromatic heterocycles. The van der Waals surface area contributed by atoms with Crippen LogP contribution in [0.4, 0.5) is 10.5 Å². The largest absolute Gasteiger partial charge is 0.328 e. The van der Waals surface area contributed by atoms with E-state index in [9.17, 15) is 9.59 Å². The SMILES string of the molecule is CC1=CN2C(=NC3C2C(=O)N(CC(C)C)C(=O)N3C)N1c1cc(C)ccc1C. The standard InChI is InChI=1S/C21H27N5O2/c1-12(2)10-25-19(27)17-18(23(6)21(25)28)22-20-24(17)11-15(5)26(20)16-9-13(3)7-8-14(16)4/h7-9,11-12,17-18H,10H2,1-6H3. The van der Waals surface area contributed by atoms with E-state index in [1.165, 1.54) is 4.90 Å². The first-order valence-corrected chi connectivity index (χ1v) is 9.71. The summed E-state index contributed by atoms with van der Waals surface area (Å²) in [4.78, 5) is 37.8. The first kappa shape index (κ1) is 18.5. The molecule has 1 aromatic carbocycles. The van der Waals surface area contributed by atoms with Crippen LogP contribution in [0.15, 0.2) is 35.1 Å². The fourth-order valence-electron chi connectivity index (χ4n) is 4.15. The third-order valence-electron chi connectivity index (χ3n) is 5.54. The van der Waals surface area contributed by atoms with Gasteiger partial charge in [0.2, 0.25) is 5.96 Å². The van der Waals surface area contributed by atoms with Gasteiger partial charge >= 0.3 is 6.03 Å². The molecule has 0 bridgehead atoms. The average molecular weight is 381 g/mol.